The molecule has 0 bridgehead atoms. The van der Waals surface area contributed by atoms with Gasteiger partial charge in [-0.2, -0.15) is 0 Å². The highest BCUT2D eigenvalue weighted by Gasteiger charge is 2.05. The van der Waals surface area contributed by atoms with Crippen molar-refractivity contribution in [3.8, 4) is 0 Å². The van der Waals surface area contributed by atoms with Crippen molar-refractivity contribution < 1.29 is 9.90 Å². The maximum absolute atomic E-state index is 9.78. The fourth-order valence-corrected chi connectivity index (χ4v) is 0.140. The van der Waals surface area contributed by atoms with Crippen LogP contribution in [0.25, 0.3) is 0 Å². The van der Waals surface area contributed by atoms with E-state index >= 15 is 0 Å². The van der Waals surface area contributed by atoms with E-state index in [2.05, 4.69) is 0 Å². The van der Waals surface area contributed by atoms with Crippen molar-refractivity contribution in [1.29, 1.82) is 0 Å². The first kappa shape index (κ1) is 10.9. The number of halogens is 2. The molecule has 0 aromatic heterocycles. The van der Waals surface area contributed by atoms with E-state index in [1.807, 2.05) is 4.84 Å². The summed E-state index contributed by atoms with van der Waals surface area (Å²) < 4.78 is 0. The van der Waals surface area contributed by atoms with E-state index in [1.165, 1.54) is 6.92 Å². The monoisotopic (exact) mass is 159 g/mol. The highest BCUT2D eigenvalue weighted by molar-refractivity contribution is 6.14. The predicted molar refractivity (Wildman–Crippen MR) is 33.3 cm³/mol. The van der Waals surface area contributed by atoms with Crippen LogP contribution in [0.15, 0.2) is 0 Å². The third-order valence-electron chi connectivity index (χ3n) is 0.534. The summed E-state index contributed by atoms with van der Waals surface area (Å²) in [6.45, 7) is 1.45. The number of hydrogen-bond acceptors (Lipinski definition) is 2. The van der Waals surface area contributed by atoms with Gasteiger partial charge in [-0.1, -0.05) is 0 Å². The molecule has 0 radical (unpaired) electrons. The normalized spacial score (nSPS) is 11.8. The fourth-order valence-electron chi connectivity index (χ4n) is 0.0467. The summed E-state index contributed by atoms with van der Waals surface area (Å²) in [5.74, 6) is -0.949. The molecular formula is C3H7Cl2NO2. The Bertz CT molecular complexity index is 77.7. The zero-order valence-electron chi connectivity index (χ0n) is 4.22. The van der Waals surface area contributed by atoms with Gasteiger partial charge in [0.25, 0.3) is 0 Å². The predicted octanol–water partition coefficient (Wildman–Crippen LogP) is 0.625. The van der Waals surface area contributed by atoms with Gasteiger partial charge in [-0.15, -0.1) is 12.4 Å². The van der Waals surface area contributed by atoms with Gasteiger partial charge in [-0.05, 0) is 18.7 Å². The third kappa shape index (κ3) is 4.18. The third-order valence-corrected chi connectivity index (χ3v) is 0.861. The fraction of sp³-hybridized carbons (Fsp3) is 0.667. The Morgan fingerprint density at radius 2 is 2.25 bits per heavy atom. The van der Waals surface area contributed by atoms with Gasteiger partial charge in [-0.25, -0.2) is 4.84 Å². The molecule has 50 valence electrons. The van der Waals surface area contributed by atoms with Crippen molar-refractivity contribution in [3.05, 3.63) is 0 Å². The molecule has 0 spiro atoms. The molecule has 0 aliphatic rings. The maximum atomic E-state index is 9.78. The lowest BCUT2D eigenvalue weighted by Gasteiger charge is -1.97. The molecule has 0 aliphatic heterocycles. The van der Waals surface area contributed by atoms with Crippen LogP contribution in [-0.2, 0) is 4.79 Å². The first-order chi connectivity index (χ1) is 3.18. The summed E-state index contributed by atoms with van der Waals surface area (Å²) in [6, 6.07) is -0.665. The average molecular weight is 160 g/mol. The summed E-state index contributed by atoms with van der Waals surface area (Å²) in [5, 5.41) is 8.04. The van der Waals surface area contributed by atoms with Crippen LogP contribution in [0.3, 0.4) is 0 Å². The van der Waals surface area contributed by atoms with Gasteiger partial charge < -0.3 is 5.11 Å². The molecular weight excluding hydrogens is 153 g/mol. The summed E-state index contributed by atoms with van der Waals surface area (Å²) in [6.07, 6.45) is 0. The zero-order valence-corrected chi connectivity index (χ0v) is 5.79. The standard InChI is InChI=1S/C3H6ClNO2.ClH/c1-2(5-4)3(6)7;/h2,5H,1H3,(H,6,7);1H/t2-;/m0./s1. The summed E-state index contributed by atoms with van der Waals surface area (Å²) >= 11 is 4.92. The SMILES string of the molecule is C[C@H](NCl)C(=O)O.Cl. The molecule has 0 aromatic rings. The number of carboxylic acids is 1. The molecule has 8 heavy (non-hydrogen) atoms. The molecule has 0 fully saturated rings. The number of rotatable bonds is 2. The van der Waals surface area contributed by atoms with Crippen molar-refractivity contribution in [1.82, 2.24) is 4.84 Å². The number of hydrogen-bond donors (Lipinski definition) is 2. The highest BCUT2D eigenvalue weighted by Crippen LogP contribution is 1.79. The van der Waals surface area contributed by atoms with Gasteiger partial charge in [-0.3, -0.25) is 4.79 Å². The molecule has 0 aliphatic carbocycles. The van der Waals surface area contributed by atoms with Crippen LogP contribution in [0.1, 0.15) is 6.92 Å². The second-order valence-corrected chi connectivity index (χ2v) is 1.39. The maximum Gasteiger partial charge on any atom is 0.321 e. The number of aliphatic carboxylic acids is 1. The first-order valence-electron chi connectivity index (χ1n) is 1.77. The Morgan fingerprint density at radius 3 is 2.25 bits per heavy atom. The Labute approximate surface area is 58.5 Å². The van der Waals surface area contributed by atoms with E-state index < -0.39 is 12.0 Å². The van der Waals surface area contributed by atoms with Crippen LogP contribution < -0.4 is 4.84 Å². The Hall–Kier alpha value is 0.01000. The zero-order chi connectivity index (χ0) is 5.86. The van der Waals surface area contributed by atoms with Gasteiger partial charge in [0, 0.05) is 0 Å². The van der Waals surface area contributed by atoms with Crippen molar-refractivity contribution >= 4 is 30.2 Å². The smallest absolute Gasteiger partial charge is 0.321 e. The Balaban J connectivity index is 0. The van der Waals surface area contributed by atoms with Crippen LogP contribution in [-0.4, -0.2) is 17.1 Å². The second kappa shape index (κ2) is 5.15. The number of carbonyl (C=O) groups is 1. The molecule has 0 amide bonds. The molecule has 0 saturated carbocycles. The van der Waals surface area contributed by atoms with Crippen LogP contribution in [0, 0.1) is 0 Å². The van der Waals surface area contributed by atoms with Crippen LogP contribution in [0.2, 0.25) is 0 Å². The van der Waals surface area contributed by atoms with Gasteiger partial charge in [0.05, 0.1) is 0 Å². The summed E-state index contributed by atoms with van der Waals surface area (Å²) in [7, 11) is 0. The molecule has 0 aromatic carbocycles. The number of carboxylic acid groups (broad SMARTS) is 1. The summed E-state index contributed by atoms with van der Waals surface area (Å²) in [4.78, 5) is 11.8. The van der Waals surface area contributed by atoms with Crippen LogP contribution >= 0.6 is 24.2 Å². The lowest BCUT2D eigenvalue weighted by atomic mass is 10.4. The molecule has 2 N–H and O–H groups in total. The van der Waals surface area contributed by atoms with Crippen molar-refractivity contribution in [3.63, 3.8) is 0 Å². The second-order valence-electron chi connectivity index (χ2n) is 1.17. The van der Waals surface area contributed by atoms with Gasteiger partial charge >= 0.3 is 5.97 Å². The van der Waals surface area contributed by atoms with E-state index in [0.29, 0.717) is 0 Å². The largest absolute Gasteiger partial charge is 0.480 e. The van der Waals surface area contributed by atoms with E-state index in [4.69, 9.17) is 16.9 Å². The average Bonchev–Trinajstić information content (AvgIpc) is 1.65. The van der Waals surface area contributed by atoms with Gasteiger partial charge in [0.1, 0.15) is 6.04 Å². The molecule has 0 heterocycles. The van der Waals surface area contributed by atoms with Gasteiger partial charge in [0.15, 0.2) is 0 Å². The minimum atomic E-state index is -0.949. The summed E-state index contributed by atoms with van der Waals surface area (Å²) in [5.41, 5.74) is 0. The van der Waals surface area contributed by atoms with Gasteiger partial charge in [0.2, 0.25) is 0 Å². The lowest BCUT2D eigenvalue weighted by molar-refractivity contribution is -0.138. The molecule has 3 nitrogen and oxygen atoms in total. The van der Waals surface area contributed by atoms with E-state index in [1.54, 1.807) is 0 Å². The quantitative estimate of drug-likeness (QED) is 0.582. The minimum Gasteiger partial charge on any atom is -0.480 e. The van der Waals surface area contributed by atoms with Crippen LogP contribution in [0.4, 0.5) is 0 Å². The Kier molecular flexibility index (Phi) is 7.02. The molecule has 0 saturated heterocycles. The molecule has 1 atom stereocenters. The van der Waals surface area contributed by atoms with E-state index in [-0.39, 0.29) is 12.4 Å². The van der Waals surface area contributed by atoms with E-state index in [0.717, 1.165) is 0 Å². The first-order valence-corrected chi connectivity index (χ1v) is 2.15. The van der Waals surface area contributed by atoms with Crippen LogP contribution in [0.5, 0.6) is 0 Å². The van der Waals surface area contributed by atoms with Crippen molar-refractivity contribution in [2.45, 2.75) is 13.0 Å². The molecule has 5 heteroatoms. The number of nitrogens with one attached hydrogen (secondary N) is 1. The minimum absolute atomic E-state index is 0. The van der Waals surface area contributed by atoms with Crippen molar-refractivity contribution in [2.24, 2.45) is 0 Å². The van der Waals surface area contributed by atoms with Crippen molar-refractivity contribution in [2.75, 3.05) is 0 Å². The highest BCUT2D eigenvalue weighted by atomic mass is 35.5. The Morgan fingerprint density at radius 1 is 1.88 bits per heavy atom. The van der Waals surface area contributed by atoms with E-state index in [9.17, 15) is 4.79 Å². The topological polar surface area (TPSA) is 49.3 Å². The lowest BCUT2D eigenvalue weighted by Crippen LogP contribution is -2.26. The molecule has 0 rings (SSSR count). The molecule has 0 unspecified atom stereocenters.